The predicted molar refractivity (Wildman–Crippen MR) is 119 cm³/mol. The van der Waals surface area contributed by atoms with E-state index in [-0.39, 0.29) is 34.5 Å². The van der Waals surface area contributed by atoms with Crippen molar-refractivity contribution in [1.82, 2.24) is 14.9 Å². The third-order valence-corrected chi connectivity index (χ3v) is 4.96. The van der Waals surface area contributed by atoms with Crippen LogP contribution in [0.15, 0.2) is 24.5 Å². The molecule has 1 saturated heterocycles. The number of halogens is 1. The Balaban J connectivity index is 1.71. The summed E-state index contributed by atoms with van der Waals surface area (Å²) in [5, 5.41) is 11.3. The van der Waals surface area contributed by atoms with Crippen LogP contribution in [0.1, 0.15) is 27.7 Å². The van der Waals surface area contributed by atoms with Crippen LogP contribution in [0.25, 0.3) is 0 Å². The number of hydrogen-bond donors (Lipinski definition) is 1. The molecule has 1 aliphatic heterocycles. The van der Waals surface area contributed by atoms with E-state index in [1.54, 1.807) is 17.0 Å². The topological polar surface area (TPSA) is 137 Å². The van der Waals surface area contributed by atoms with E-state index in [9.17, 15) is 14.9 Å². The number of anilines is 2. The Morgan fingerprint density at radius 2 is 2.00 bits per heavy atom. The monoisotopic (exact) mass is 464 g/mol. The maximum absolute atomic E-state index is 12.3. The van der Waals surface area contributed by atoms with Crippen molar-refractivity contribution in [2.24, 2.45) is 0 Å². The van der Waals surface area contributed by atoms with Gasteiger partial charge < -0.3 is 25.0 Å². The molecule has 3 rings (SSSR count). The van der Waals surface area contributed by atoms with E-state index in [0.29, 0.717) is 25.5 Å². The number of pyridine rings is 2. The Morgan fingerprint density at radius 3 is 2.56 bits per heavy atom. The zero-order chi connectivity index (χ0) is 23.6. The fourth-order valence-electron chi connectivity index (χ4n) is 3.26. The first-order chi connectivity index (χ1) is 15.0. The molecule has 0 radical (unpaired) electrons. The standard InChI is InChI=1S/C20H25ClN6O5/c1-12-11-25(19(28)32-20(2,3)4)7-8-26(12)15-6-5-13(9-23-15)31-17-14(21)10-24-18(22)16(17)27(29)30/h5-6,9-10,12H,7-8,11H2,1-4H3,(H2,22,24)/t12-/m0/s1. The summed E-state index contributed by atoms with van der Waals surface area (Å²) in [6, 6.07) is 3.37. The Kier molecular flexibility index (Phi) is 6.58. The van der Waals surface area contributed by atoms with Gasteiger partial charge in [-0.3, -0.25) is 10.1 Å². The highest BCUT2D eigenvalue weighted by atomic mass is 35.5. The van der Waals surface area contributed by atoms with Gasteiger partial charge in [-0.1, -0.05) is 11.6 Å². The van der Waals surface area contributed by atoms with Gasteiger partial charge >= 0.3 is 11.8 Å². The molecule has 0 spiro atoms. The van der Waals surface area contributed by atoms with E-state index < -0.39 is 16.2 Å². The van der Waals surface area contributed by atoms with Crippen molar-refractivity contribution in [3.05, 3.63) is 39.7 Å². The number of nitrogen functional groups attached to an aromatic ring is 1. The van der Waals surface area contributed by atoms with Gasteiger partial charge in [-0.15, -0.1) is 0 Å². The number of piperazine rings is 1. The lowest BCUT2D eigenvalue weighted by molar-refractivity contribution is -0.384. The lowest BCUT2D eigenvalue weighted by atomic mass is 10.2. The minimum atomic E-state index is -0.697. The third kappa shape index (κ3) is 5.28. The van der Waals surface area contributed by atoms with Gasteiger partial charge in [-0.05, 0) is 39.8 Å². The molecule has 2 aromatic rings. The second-order valence-corrected chi connectivity index (χ2v) is 8.76. The smallest absolute Gasteiger partial charge is 0.410 e. The number of ether oxygens (including phenoxy) is 2. The van der Waals surface area contributed by atoms with Gasteiger partial charge in [-0.2, -0.15) is 0 Å². The Morgan fingerprint density at radius 1 is 1.28 bits per heavy atom. The number of nitrogens with zero attached hydrogens (tertiary/aromatic N) is 5. The largest absolute Gasteiger partial charge is 0.447 e. The minimum Gasteiger partial charge on any atom is -0.447 e. The molecule has 11 nitrogen and oxygen atoms in total. The van der Waals surface area contributed by atoms with Crippen LogP contribution in [0.5, 0.6) is 11.5 Å². The summed E-state index contributed by atoms with van der Waals surface area (Å²) < 4.78 is 11.0. The summed E-state index contributed by atoms with van der Waals surface area (Å²) >= 11 is 6.03. The van der Waals surface area contributed by atoms with Crippen LogP contribution in [0.2, 0.25) is 5.02 Å². The van der Waals surface area contributed by atoms with Gasteiger partial charge in [0.25, 0.3) is 0 Å². The van der Waals surface area contributed by atoms with Crippen LogP contribution in [0.4, 0.5) is 22.1 Å². The first-order valence-electron chi connectivity index (χ1n) is 9.93. The number of nitrogens with two attached hydrogens (primary N) is 1. The van der Waals surface area contributed by atoms with Crippen LogP contribution in [-0.2, 0) is 4.74 Å². The molecular weight excluding hydrogens is 440 g/mol. The van der Waals surface area contributed by atoms with Gasteiger partial charge in [0.1, 0.15) is 22.2 Å². The van der Waals surface area contributed by atoms with Crippen molar-refractivity contribution in [2.45, 2.75) is 39.3 Å². The molecule has 172 valence electrons. The number of rotatable bonds is 4. The summed E-state index contributed by atoms with van der Waals surface area (Å²) in [6.45, 7) is 9.06. The number of amides is 1. The summed E-state index contributed by atoms with van der Waals surface area (Å²) in [7, 11) is 0. The molecular formula is C20H25ClN6O5. The van der Waals surface area contributed by atoms with Crippen LogP contribution in [0, 0.1) is 10.1 Å². The average molecular weight is 465 g/mol. The quantitative estimate of drug-likeness (QED) is 0.527. The highest BCUT2D eigenvalue weighted by Crippen LogP contribution is 2.40. The first-order valence-corrected chi connectivity index (χ1v) is 10.3. The van der Waals surface area contributed by atoms with E-state index in [4.69, 9.17) is 26.8 Å². The third-order valence-electron chi connectivity index (χ3n) is 4.69. The van der Waals surface area contributed by atoms with Crippen LogP contribution in [0.3, 0.4) is 0 Å². The molecule has 12 heteroatoms. The van der Waals surface area contributed by atoms with Crippen LogP contribution in [-0.4, -0.2) is 57.2 Å². The molecule has 1 amide bonds. The van der Waals surface area contributed by atoms with Crippen LogP contribution >= 0.6 is 11.6 Å². The van der Waals surface area contributed by atoms with Gasteiger partial charge in [0.05, 0.1) is 17.3 Å². The second kappa shape index (κ2) is 9.03. The lowest BCUT2D eigenvalue weighted by Gasteiger charge is -2.40. The van der Waals surface area contributed by atoms with Gasteiger partial charge in [0, 0.05) is 25.7 Å². The molecule has 0 aromatic carbocycles. The summed E-state index contributed by atoms with van der Waals surface area (Å²) in [6.07, 6.45) is 2.29. The van der Waals surface area contributed by atoms with E-state index in [1.165, 1.54) is 12.4 Å². The number of nitro groups is 1. The first kappa shape index (κ1) is 23.3. The van der Waals surface area contributed by atoms with Crippen LogP contribution < -0.4 is 15.4 Å². The molecule has 1 aliphatic rings. The molecule has 0 bridgehead atoms. The Hall–Kier alpha value is -3.34. The van der Waals surface area contributed by atoms with E-state index in [0.717, 1.165) is 0 Å². The van der Waals surface area contributed by atoms with Gasteiger partial charge in [0.2, 0.25) is 11.6 Å². The fourth-order valence-corrected chi connectivity index (χ4v) is 3.44. The van der Waals surface area contributed by atoms with Crippen molar-refractivity contribution < 1.29 is 19.2 Å². The average Bonchev–Trinajstić information content (AvgIpc) is 2.70. The maximum Gasteiger partial charge on any atom is 0.410 e. The van der Waals surface area contributed by atoms with Gasteiger partial charge in [-0.25, -0.2) is 14.8 Å². The number of hydrogen-bond acceptors (Lipinski definition) is 9. The maximum atomic E-state index is 12.3. The molecule has 3 heterocycles. The zero-order valence-electron chi connectivity index (χ0n) is 18.2. The molecule has 2 N–H and O–H groups in total. The molecule has 2 aromatic heterocycles. The van der Waals surface area contributed by atoms with E-state index in [2.05, 4.69) is 14.9 Å². The number of aromatic nitrogens is 2. The summed E-state index contributed by atoms with van der Waals surface area (Å²) in [4.78, 5) is 34.8. The van der Waals surface area contributed by atoms with E-state index in [1.807, 2.05) is 27.7 Å². The normalized spacial score (nSPS) is 16.6. The van der Waals surface area contributed by atoms with Crippen molar-refractivity contribution in [3.8, 4) is 11.5 Å². The number of carbonyl (C=O) groups is 1. The van der Waals surface area contributed by atoms with Crippen molar-refractivity contribution in [1.29, 1.82) is 0 Å². The molecule has 0 unspecified atom stereocenters. The minimum absolute atomic E-state index is 0.00562. The Bertz CT molecular complexity index is 1010. The summed E-state index contributed by atoms with van der Waals surface area (Å²) in [5.74, 6) is 0.446. The highest BCUT2D eigenvalue weighted by Gasteiger charge is 2.30. The van der Waals surface area contributed by atoms with E-state index >= 15 is 0 Å². The Labute approximate surface area is 190 Å². The predicted octanol–water partition coefficient (Wildman–Crippen LogP) is 3.86. The summed E-state index contributed by atoms with van der Waals surface area (Å²) in [5.41, 5.74) is 4.54. The molecule has 32 heavy (non-hydrogen) atoms. The molecule has 0 aliphatic carbocycles. The van der Waals surface area contributed by atoms with Crippen molar-refractivity contribution in [2.75, 3.05) is 30.3 Å². The molecule has 1 atom stereocenters. The second-order valence-electron chi connectivity index (χ2n) is 8.35. The zero-order valence-corrected chi connectivity index (χ0v) is 19.0. The SMILES string of the molecule is C[C@H]1CN(C(=O)OC(C)(C)C)CCN1c1ccc(Oc2c(Cl)cnc(N)c2[N+](=O)[O-])cn1. The van der Waals surface area contributed by atoms with Crippen molar-refractivity contribution in [3.63, 3.8) is 0 Å². The van der Waals surface area contributed by atoms with Crippen molar-refractivity contribution >= 4 is 35.0 Å². The fraction of sp³-hybridized carbons (Fsp3) is 0.450. The highest BCUT2D eigenvalue weighted by molar-refractivity contribution is 6.32. The molecule has 1 fully saturated rings. The molecule has 0 saturated carbocycles. The van der Waals surface area contributed by atoms with Gasteiger partial charge in [0.15, 0.2) is 0 Å². The number of carbonyl (C=O) groups excluding carboxylic acids is 1. The lowest BCUT2D eigenvalue weighted by Crippen LogP contribution is -2.54.